The van der Waals surface area contributed by atoms with Crippen molar-refractivity contribution in [2.24, 2.45) is 5.92 Å². The van der Waals surface area contributed by atoms with E-state index in [0.29, 0.717) is 12.8 Å². The number of rotatable bonds is 4. The lowest BCUT2D eigenvalue weighted by Crippen LogP contribution is -2.30. The third kappa shape index (κ3) is 3.23. The Hall–Kier alpha value is -0.880. The molecule has 1 saturated carbocycles. The Bertz CT molecular complexity index is 551. The Balaban J connectivity index is 2.16. The molecule has 0 saturated heterocycles. The van der Waals surface area contributed by atoms with E-state index in [9.17, 15) is 13.5 Å². The predicted octanol–water partition coefficient (Wildman–Crippen LogP) is 2.10. The van der Waals surface area contributed by atoms with Crippen molar-refractivity contribution >= 4 is 9.84 Å². The normalized spacial score (nSPS) is 25.9. The maximum absolute atomic E-state index is 11.7. The lowest BCUT2D eigenvalue weighted by Gasteiger charge is -2.31. The third-order valence-corrected chi connectivity index (χ3v) is 5.91. The molecule has 5 nitrogen and oxygen atoms in total. The summed E-state index contributed by atoms with van der Waals surface area (Å²) in [6.45, 7) is 4.08. The van der Waals surface area contributed by atoms with Crippen molar-refractivity contribution in [3.63, 3.8) is 0 Å². The highest BCUT2D eigenvalue weighted by Gasteiger charge is 2.34. The van der Waals surface area contributed by atoms with Gasteiger partial charge in [0.1, 0.15) is 9.84 Å². The van der Waals surface area contributed by atoms with Gasteiger partial charge in [-0.1, -0.05) is 6.42 Å². The molecule has 1 aliphatic carbocycles. The monoisotopic (exact) mass is 300 g/mol. The number of hydrogen-bond acceptors (Lipinski definition) is 4. The van der Waals surface area contributed by atoms with Crippen molar-refractivity contribution in [2.45, 2.75) is 56.9 Å². The topological polar surface area (TPSA) is 72.2 Å². The van der Waals surface area contributed by atoms with Crippen LogP contribution in [0.25, 0.3) is 0 Å². The molecule has 0 amide bonds. The lowest BCUT2D eigenvalue weighted by atomic mass is 9.84. The smallest absolute Gasteiger partial charge is 0.150 e. The molecular weight excluding hydrogens is 276 g/mol. The summed E-state index contributed by atoms with van der Waals surface area (Å²) in [5.41, 5.74) is 0.791. The zero-order chi connectivity index (χ0) is 14.9. The molecule has 1 aromatic heterocycles. The van der Waals surface area contributed by atoms with E-state index < -0.39 is 15.9 Å². The Kier molecular flexibility index (Phi) is 4.54. The largest absolute Gasteiger partial charge is 0.387 e. The van der Waals surface area contributed by atoms with Gasteiger partial charge in [0, 0.05) is 12.3 Å². The average molecular weight is 300 g/mol. The van der Waals surface area contributed by atoms with Crippen molar-refractivity contribution in [3.8, 4) is 0 Å². The van der Waals surface area contributed by atoms with Crippen LogP contribution in [0, 0.1) is 5.92 Å². The first-order valence-electron chi connectivity index (χ1n) is 7.19. The summed E-state index contributed by atoms with van der Waals surface area (Å²) in [5.74, 6) is -0.00215. The van der Waals surface area contributed by atoms with Gasteiger partial charge in [-0.05, 0) is 39.0 Å². The van der Waals surface area contributed by atoms with Crippen molar-refractivity contribution < 1.29 is 13.5 Å². The number of nitrogens with zero attached hydrogens (tertiary/aromatic N) is 2. The van der Waals surface area contributed by atoms with Crippen LogP contribution in [0.1, 0.15) is 57.4 Å². The van der Waals surface area contributed by atoms with E-state index in [1.165, 1.54) is 6.26 Å². The van der Waals surface area contributed by atoms with Crippen LogP contribution in [-0.4, -0.2) is 34.6 Å². The van der Waals surface area contributed by atoms with Gasteiger partial charge in [-0.25, -0.2) is 13.4 Å². The maximum Gasteiger partial charge on any atom is 0.150 e. The van der Waals surface area contributed by atoms with Crippen LogP contribution in [0.3, 0.4) is 0 Å². The standard InChI is InChI=1S/C14H24N2O3S/c1-10(2)16-9-15-8-13(16)14(17)11-5-4-6-12(7-11)20(3,18)19/h8-12,14,17H,4-7H2,1-3H3. The van der Waals surface area contributed by atoms with E-state index in [1.807, 2.05) is 18.4 Å². The molecule has 0 radical (unpaired) electrons. The van der Waals surface area contributed by atoms with Gasteiger partial charge in [-0.3, -0.25) is 0 Å². The Morgan fingerprint density at radius 2 is 2.10 bits per heavy atom. The second-order valence-corrected chi connectivity index (χ2v) is 8.47. The second kappa shape index (κ2) is 5.85. The SMILES string of the molecule is CC(C)n1cncc1C(O)C1CCCC(S(C)(=O)=O)C1. The number of imidazole rings is 1. The summed E-state index contributed by atoms with van der Waals surface area (Å²) in [6, 6.07) is 0.233. The molecule has 20 heavy (non-hydrogen) atoms. The molecule has 0 aromatic carbocycles. The molecule has 3 unspecified atom stereocenters. The van der Waals surface area contributed by atoms with Crippen molar-refractivity contribution in [1.29, 1.82) is 0 Å². The van der Waals surface area contributed by atoms with E-state index in [0.717, 1.165) is 18.5 Å². The third-order valence-electron chi connectivity index (χ3n) is 4.27. The van der Waals surface area contributed by atoms with Gasteiger partial charge in [-0.2, -0.15) is 0 Å². The molecule has 1 aliphatic rings. The molecule has 0 aliphatic heterocycles. The number of hydrogen-bond donors (Lipinski definition) is 1. The highest BCUT2D eigenvalue weighted by atomic mass is 32.2. The van der Waals surface area contributed by atoms with Crippen molar-refractivity contribution in [3.05, 3.63) is 18.2 Å². The summed E-state index contributed by atoms with van der Waals surface area (Å²) in [7, 11) is -3.02. The lowest BCUT2D eigenvalue weighted by molar-refractivity contribution is 0.0778. The van der Waals surface area contributed by atoms with Gasteiger partial charge < -0.3 is 9.67 Å². The van der Waals surface area contributed by atoms with Crippen LogP contribution < -0.4 is 0 Å². The predicted molar refractivity (Wildman–Crippen MR) is 78.2 cm³/mol. The second-order valence-electron chi connectivity index (χ2n) is 6.14. The summed E-state index contributed by atoms with van der Waals surface area (Å²) >= 11 is 0. The summed E-state index contributed by atoms with van der Waals surface area (Å²) < 4.78 is 25.4. The van der Waals surface area contributed by atoms with E-state index in [4.69, 9.17) is 0 Å². The minimum absolute atomic E-state index is 0.00215. The van der Waals surface area contributed by atoms with Crippen LogP contribution in [-0.2, 0) is 9.84 Å². The first-order chi connectivity index (χ1) is 9.30. The fourth-order valence-electron chi connectivity index (χ4n) is 3.07. The number of aliphatic hydroxyl groups excluding tert-OH is 1. The zero-order valence-corrected chi connectivity index (χ0v) is 13.2. The molecule has 6 heteroatoms. The van der Waals surface area contributed by atoms with Crippen LogP contribution in [0.2, 0.25) is 0 Å². The molecule has 1 fully saturated rings. The van der Waals surface area contributed by atoms with Crippen LogP contribution in [0.4, 0.5) is 0 Å². The molecule has 1 aromatic rings. The molecule has 0 spiro atoms. The molecule has 114 valence electrons. The quantitative estimate of drug-likeness (QED) is 0.924. The fourth-order valence-corrected chi connectivity index (χ4v) is 4.27. The zero-order valence-electron chi connectivity index (χ0n) is 12.4. The fraction of sp³-hybridized carbons (Fsp3) is 0.786. The van der Waals surface area contributed by atoms with Gasteiger partial charge in [-0.15, -0.1) is 0 Å². The van der Waals surface area contributed by atoms with E-state index in [1.54, 1.807) is 12.5 Å². The summed E-state index contributed by atoms with van der Waals surface area (Å²) in [4.78, 5) is 4.11. The van der Waals surface area contributed by atoms with Crippen LogP contribution >= 0.6 is 0 Å². The molecular formula is C14H24N2O3S. The first-order valence-corrected chi connectivity index (χ1v) is 9.14. The van der Waals surface area contributed by atoms with Crippen LogP contribution in [0.15, 0.2) is 12.5 Å². The highest BCUT2D eigenvalue weighted by molar-refractivity contribution is 7.91. The summed E-state index contributed by atoms with van der Waals surface area (Å²) in [5, 5.41) is 10.3. The molecule has 3 atom stereocenters. The first kappa shape index (κ1) is 15.5. The Morgan fingerprint density at radius 1 is 1.40 bits per heavy atom. The molecule has 0 bridgehead atoms. The van der Waals surface area contributed by atoms with Gasteiger partial charge >= 0.3 is 0 Å². The van der Waals surface area contributed by atoms with E-state index >= 15 is 0 Å². The molecule has 1 N–H and O–H groups in total. The highest BCUT2D eigenvalue weighted by Crippen LogP contribution is 2.37. The van der Waals surface area contributed by atoms with Gasteiger partial charge in [0.25, 0.3) is 0 Å². The number of sulfone groups is 1. The molecule has 2 rings (SSSR count). The van der Waals surface area contributed by atoms with Crippen LogP contribution in [0.5, 0.6) is 0 Å². The number of aliphatic hydroxyl groups is 1. The minimum atomic E-state index is -3.02. The van der Waals surface area contributed by atoms with Gasteiger partial charge in [0.05, 0.1) is 29.6 Å². The number of aromatic nitrogens is 2. The Labute approximate surface area is 120 Å². The van der Waals surface area contributed by atoms with Crippen molar-refractivity contribution in [2.75, 3.05) is 6.26 Å². The van der Waals surface area contributed by atoms with E-state index in [2.05, 4.69) is 4.98 Å². The maximum atomic E-state index is 11.7. The van der Waals surface area contributed by atoms with Crippen molar-refractivity contribution in [1.82, 2.24) is 9.55 Å². The Morgan fingerprint density at radius 3 is 2.70 bits per heavy atom. The van der Waals surface area contributed by atoms with Gasteiger partial charge in [0.2, 0.25) is 0 Å². The average Bonchev–Trinajstić information content (AvgIpc) is 2.86. The minimum Gasteiger partial charge on any atom is -0.387 e. The molecule has 1 heterocycles. The summed E-state index contributed by atoms with van der Waals surface area (Å²) in [6.07, 6.45) is 7.06. The van der Waals surface area contributed by atoms with E-state index in [-0.39, 0.29) is 17.2 Å². The van der Waals surface area contributed by atoms with Gasteiger partial charge in [0.15, 0.2) is 0 Å².